The highest BCUT2D eigenvalue weighted by molar-refractivity contribution is 6.32. The predicted octanol–water partition coefficient (Wildman–Crippen LogP) is 5.67. The van der Waals surface area contributed by atoms with Crippen molar-refractivity contribution in [2.24, 2.45) is 11.7 Å². The van der Waals surface area contributed by atoms with Gasteiger partial charge in [0.15, 0.2) is 0 Å². The third-order valence-corrected chi connectivity index (χ3v) is 9.93. The van der Waals surface area contributed by atoms with Gasteiger partial charge in [0.1, 0.15) is 23.9 Å². The van der Waals surface area contributed by atoms with Crippen LogP contribution in [0.1, 0.15) is 50.2 Å². The lowest BCUT2D eigenvalue weighted by atomic mass is 9.84. The first kappa shape index (κ1) is 37.7. The number of piperidine rings is 1. The molecule has 0 aliphatic carbocycles. The standard InChI is InChI=1S/C39H52ClN3O7/c1-4-27(2)38(41)39(45)43-24-33(44)37(29-12-14-30(15-13-29)47-20-8-21-48-34-10-6-5-9-31(34)40)36(25-43)50-26-28-11-16-35-32(23-28)42(18-22-49-35)17-7-19-46-3/h5-6,9-16,23,27,33,36-38,44H,4,7-8,17-22,24-26,41H2,1-3H3/t27-,33+,36-,37-,38-/m0/s1. The summed E-state index contributed by atoms with van der Waals surface area (Å²) in [5, 5.41) is 12.1. The van der Waals surface area contributed by atoms with E-state index < -0.39 is 18.2 Å². The fourth-order valence-electron chi connectivity index (χ4n) is 6.50. The average molecular weight is 710 g/mol. The Morgan fingerprint density at radius 2 is 1.82 bits per heavy atom. The molecule has 2 heterocycles. The molecular formula is C39H52ClN3O7. The first-order valence-corrected chi connectivity index (χ1v) is 18.1. The number of ether oxygens (including phenoxy) is 5. The van der Waals surface area contributed by atoms with Gasteiger partial charge in [-0.2, -0.15) is 0 Å². The lowest BCUT2D eigenvalue weighted by Gasteiger charge is -2.43. The number of β-amino-alcohol motifs (C(OH)–C–C–N with tert-alkyl or cyclic N) is 1. The second-order valence-electron chi connectivity index (χ2n) is 13.1. The van der Waals surface area contributed by atoms with Gasteiger partial charge in [0, 0.05) is 45.7 Å². The minimum Gasteiger partial charge on any atom is -0.493 e. The number of aliphatic hydroxyl groups is 1. The van der Waals surface area contributed by atoms with E-state index in [1.165, 1.54) is 0 Å². The van der Waals surface area contributed by atoms with Gasteiger partial charge in [0.25, 0.3) is 0 Å². The third-order valence-electron chi connectivity index (χ3n) is 9.62. The van der Waals surface area contributed by atoms with Crippen LogP contribution in [0.25, 0.3) is 0 Å². The molecule has 5 atom stereocenters. The molecule has 3 N–H and O–H groups in total. The zero-order chi connectivity index (χ0) is 35.5. The quantitative estimate of drug-likeness (QED) is 0.171. The first-order chi connectivity index (χ1) is 24.3. The van der Waals surface area contributed by atoms with Crippen LogP contribution in [0.5, 0.6) is 17.2 Å². The topological polar surface area (TPSA) is 116 Å². The van der Waals surface area contributed by atoms with E-state index in [0.717, 1.165) is 54.2 Å². The maximum absolute atomic E-state index is 13.5. The highest BCUT2D eigenvalue weighted by Gasteiger charge is 2.41. The second-order valence-corrected chi connectivity index (χ2v) is 13.5. The molecule has 1 saturated heterocycles. The first-order valence-electron chi connectivity index (χ1n) is 17.7. The Morgan fingerprint density at radius 3 is 2.58 bits per heavy atom. The van der Waals surface area contributed by atoms with Gasteiger partial charge in [-0.25, -0.2) is 0 Å². The number of carbonyl (C=O) groups is 1. The lowest BCUT2D eigenvalue weighted by molar-refractivity contribution is -0.144. The number of hydrogen-bond acceptors (Lipinski definition) is 9. The highest BCUT2D eigenvalue weighted by atomic mass is 35.5. The van der Waals surface area contributed by atoms with Gasteiger partial charge in [-0.05, 0) is 59.9 Å². The molecule has 10 nitrogen and oxygen atoms in total. The molecule has 0 spiro atoms. The fourth-order valence-corrected chi connectivity index (χ4v) is 6.69. The van der Waals surface area contributed by atoms with Gasteiger partial charge in [-0.1, -0.05) is 62.2 Å². The Balaban J connectivity index is 1.26. The summed E-state index contributed by atoms with van der Waals surface area (Å²) in [6.45, 7) is 8.79. The molecule has 2 aliphatic heterocycles. The maximum Gasteiger partial charge on any atom is 0.239 e. The van der Waals surface area contributed by atoms with E-state index in [0.29, 0.717) is 56.8 Å². The maximum atomic E-state index is 13.5. The van der Waals surface area contributed by atoms with Crippen LogP contribution in [0, 0.1) is 5.92 Å². The predicted molar refractivity (Wildman–Crippen MR) is 195 cm³/mol. The normalized spacial score (nSPS) is 20.1. The summed E-state index contributed by atoms with van der Waals surface area (Å²) in [6, 6.07) is 20.6. The van der Waals surface area contributed by atoms with Gasteiger partial charge in [-0.3, -0.25) is 4.79 Å². The van der Waals surface area contributed by atoms with Crippen LogP contribution in [-0.4, -0.2) is 93.9 Å². The summed E-state index contributed by atoms with van der Waals surface area (Å²) in [5.41, 5.74) is 9.31. The highest BCUT2D eigenvalue weighted by Crippen LogP contribution is 2.36. The number of nitrogens with two attached hydrogens (primary N) is 1. The molecule has 50 heavy (non-hydrogen) atoms. The summed E-state index contributed by atoms with van der Waals surface area (Å²) in [6.07, 6.45) is 1.09. The van der Waals surface area contributed by atoms with Crippen molar-refractivity contribution in [2.45, 2.75) is 63.9 Å². The summed E-state index contributed by atoms with van der Waals surface area (Å²) >= 11 is 6.17. The summed E-state index contributed by atoms with van der Waals surface area (Å²) in [4.78, 5) is 17.5. The molecule has 3 aromatic rings. The number of anilines is 1. The monoisotopic (exact) mass is 709 g/mol. The van der Waals surface area contributed by atoms with Crippen LogP contribution < -0.4 is 24.8 Å². The second kappa shape index (κ2) is 18.6. The Kier molecular flexibility index (Phi) is 14.0. The number of nitrogens with zero attached hydrogens (tertiary/aromatic N) is 2. The Bertz CT molecular complexity index is 1510. The molecule has 0 unspecified atom stereocenters. The molecule has 5 rings (SSSR count). The van der Waals surface area contributed by atoms with Crippen molar-refractivity contribution < 1.29 is 33.6 Å². The molecule has 272 valence electrons. The number of halogens is 1. The van der Waals surface area contributed by atoms with Crippen LogP contribution in [0.15, 0.2) is 66.7 Å². The molecule has 11 heteroatoms. The van der Waals surface area contributed by atoms with Crippen LogP contribution in [0.2, 0.25) is 5.02 Å². The number of para-hydroxylation sites is 1. The molecule has 3 aromatic carbocycles. The van der Waals surface area contributed by atoms with E-state index in [2.05, 4.69) is 11.0 Å². The van der Waals surface area contributed by atoms with E-state index in [4.69, 9.17) is 41.0 Å². The minimum atomic E-state index is -0.844. The van der Waals surface area contributed by atoms with Crippen molar-refractivity contribution in [1.29, 1.82) is 0 Å². The number of methoxy groups -OCH3 is 1. The molecule has 1 fully saturated rings. The van der Waals surface area contributed by atoms with Crippen molar-refractivity contribution in [3.8, 4) is 17.2 Å². The van der Waals surface area contributed by atoms with Crippen LogP contribution >= 0.6 is 11.6 Å². The van der Waals surface area contributed by atoms with Crippen molar-refractivity contribution in [3.05, 3.63) is 82.9 Å². The number of benzene rings is 3. The van der Waals surface area contributed by atoms with Crippen molar-refractivity contribution in [1.82, 2.24) is 4.90 Å². The van der Waals surface area contributed by atoms with E-state index >= 15 is 0 Å². The van der Waals surface area contributed by atoms with Gasteiger partial charge in [-0.15, -0.1) is 0 Å². The van der Waals surface area contributed by atoms with Crippen LogP contribution in [0.4, 0.5) is 5.69 Å². The summed E-state index contributed by atoms with van der Waals surface area (Å²) < 4.78 is 29.6. The zero-order valence-corrected chi connectivity index (χ0v) is 30.2. The largest absolute Gasteiger partial charge is 0.493 e. The van der Waals surface area contributed by atoms with Gasteiger partial charge >= 0.3 is 0 Å². The Labute approximate surface area is 301 Å². The van der Waals surface area contributed by atoms with Crippen molar-refractivity contribution in [2.75, 3.05) is 64.6 Å². The van der Waals surface area contributed by atoms with E-state index in [1.807, 2.05) is 68.4 Å². The minimum absolute atomic E-state index is 0.0246. The number of fused-ring (bicyclic) bond motifs is 1. The number of rotatable bonds is 17. The van der Waals surface area contributed by atoms with Gasteiger partial charge in [0.05, 0.1) is 55.3 Å². The number of likely N-dealkylation sites (tertiary alicyclic amines) is 1. The van der Waals surface area contributed by atoms with Crippen LogP contribution in [0.3, 0.4) is 0 Å². The number of carbonyl (C=O) groups excluding carboxylic acids is 1. The van der Waals surface area contributed by atoms with E-state index in [9.17, 15) is 9.90 Å². The molecule has 0 bridgehead atoms. The lowest BCUT2D eigenvalue weighted by Crippen LogP contribution is -2.57. The van der Waals surface area contributed by atoms with Gasteiger partial charge < -0.3 is 44.3 Å². The smallest absolute Gasteiger partial charge is 0.239 e. The van der Waals surface area contributed by atoms with Crippen molar-refractivity contribution in [3.63, 3.8) is 0 Å². The fraction of sp³-hybridized carbons (Fsp3) is 0.513. The Hall–Kier alpha value is -3.54. The Morgan fingerprint density at radius 1 is 1.04 bits per heavy atom. The summed E-state index contributed by atoms with van der Waals surface area (Å²) in [5.74, 6) is 1.74. The summed E-state index contributed by atoms with van der Waals surface area (Å²) in [7, 11) is 1.72. The molecule has 2 aliphatic rings. The molecule has 0 radical (unpaired) electrons. The number of hydrogen-bond donors (Lipinski definition) is 2. The molecule has 0 aromatic heterocycles. The van der Waals surface area contributed by atoms with Crippen molar-refractivity contribution >= 4 is 23.2 Å². The van der Waals surface area contributed by atoms with Crippen LogP contribution in [-0.2, 0) is 20.9 Å². The zero-order valence-electron chi connectivity index (χ0n) is 29.5. The SMILES string of the molecule is CC[C@H](C)[C@H](N)C(=O)N1C[C@@H](O)[C@H](c2ccc(OCCCOc3ccccc3Cl)cc2)[C@@H](OCc2ccc3c(c2)N(CCCOC)CCO3)C1. The van der Waals surface area contributed by atoms with E-state index in [-0.39, 0.29) is 24.3 Å². The third kappa shape index (κ3) is 9.82. The van der Waals surface area contributed by atoms with Gasteiger partial charge in [0.2, 0.25) is 5.91 Å². The molecular weight excluding hydrogens is 658 g/mol. The number of aliphatic hydroxyl groups excluding tert-OH is 1. The number of amides is 1. The molecule has 1 amide bonds. The van der Waals surface area contributed by atoms with E-state index in [1.54, 1.807) is 18.1 Å². The molecule has 0 saturated carbocycles. The average Bonchev–Trinajstić information content (AvgIpc) is 3.14.